The fourth-order valence-electron chi connectivity index (χ4n) is 4.70. The molecule has 0 radical (unpaired) electrons. The molecule has 0 spiro atoms. The number of nitrogens with zero attached hydrogens (tertiary/aromatic N) is 2. The number of hydrogen-bond donors (Lipinski definition) is 1. The van der Waals surface area contributed by atoms with Gasteiger partial charge in [0.15, 0.2) is 0 Å². The van der Waals surface area contributed by atoms with Crippen molar-refractivity contribution in [1.82, 2.24) is 9.88 Å². The van der Waals surface area contributed by atoms with Crippen molar-refractivity contribution in [3.8, 4) is 11.3 Å². The predicted octanol–water partition coefficient (Wildman–Crippen LogP) is 7.13. The number of aromatic nitrogens is 1. The second-order valence-corrected chi connectivity index (χ2v) is 9.71. The molecule has 0 atom stereocenters. The number of likely N-dealkylation sites (tertiary alicyclic amines) is 1. The Morgan fingerprint density at radius 3 is 2.28 bits per heavy atom. The quantitative estimate of drug-likeness (QED) is 0.326. The van der Waals surface area contributed by atoms with Gasteiger partial charge in [0.25, 0.3) is 11.8 Å². The van der Waals surface area contributed by atoms with E-state index in [-0.39, 0.29) is 11.8 Å². The first-order valence-corrected chi connectivity index (χ1v) is 12.7. The standard InChI is InChI=1S/C30H28ClN3O2/c1-20-7-6-8-25-26(19-27(33-28(20)25)21-9-13-23(31)14-10-21)29(35)32-24-15-11-22(12-16-24)30(36)34-17-4-2-3-5-18-34/h6-16,19H,2-5,17-18H2,1H3,(H,32,35). The monoisotopic (exact) mass is 497 g/mol. The van der Waals surface area contributed by atoms with Gasteiger partial charge in [-0.15, -0.1) is 0 Å². The Hall–Kier alpha value is -3.70. The van der Waals surface area contributed by atoms with Crippen LogP contribution in [0.15, 0.2) is 72.8 Å². The highest BCUT2D eigenvalue weighted by Gasteiger charge is 2.18. The summed E-state index contributed by atoms with van der Waals surface area (Å²) in [5.41, 5.74) is 5.19. The van der Waals surface area contributed by atoms with Gasteiger partial charge in [-0.25, -0.2) is 4.98 Å². The number of rotatable bonds is 4. The second-order valence-electron chi connectivity index (χ2n) is 9.27. The van der Waals surface area contributed by atoms with Crippen molar-refractivity contribution in [2.75, 3.05) is 18.4 Å². The van der Waals surface area contributed by atoms with Crippen molar-refractivity contribution in [3.05, 3.63) is 94.5 Å². The molecule has 5 nitrogen and oxygen atoms in total. The first-order chi connectivity index (χ1) is 17.5. The van der Waals surface area contributed by atoms with Crippen LogP contribution < -0.4 is 5.32 Å². The van der Waals surface area contributed by atoms with Crippen molar-refractivity contribution >= 4 is 40.0 Å². The normalized spacial score (nSPS) is 13.9. The highest BCUT2D eigenvalue weighted by atomic mass is 35.5. The van der Waals surface area contributed by atoms with Gasteiger partial charge < -0.3 is 10.2 Å². The van der Waals surface area contributed by atoms with E-state index in [2.05, 4.69) is 5.32 Å². The number of amides is 2. The van der Waals surface area contributed by atoms with Gasteiger partial charge in [-0.3, -0.25) is 9.59 Å². The summed E-state index contributed by atoms with van der Waals surface area (Å²) in [5.74, 6) is -0.173. The lowest BCUT2D eigenvalue weighted by Crippen LogP contribution is -2.31. The molecule has 1 N–H and O–H groups in total. The van der Waals surface area contributed by atoms with E-state index < -0.39 is 0 Å². The maximum atomic E-state index is 13.4. The molecule has 3 aromatic carbocycles. The Balaban J connectivity index is 1.42. The number of hydrogen-bond acceptors (Lipinski definition) is 3. The summed E-state index contributed by atoms with van der Waals surface area (Å²) in [5, 5.41) is 4.44. The molecule has 0 bridgehead atoms. The molecular weight excluding hydrogens is 470 g/mol. The fourth-order valence-corrected chi connectivity index (χ4v) is 4.83. The van der Waals surface area contributed by atoms with E-state index in [4.69, 9.17) is 16.6 Å². The molecule has 0 aliphatic carbocycles. The van der Waals surface area contributed by atoms with Crippen LogP contribution in [0, 0.1) is 6.92 Å². The number of para-hydroxylation sites is 1. The number of carbonyl (C=O) groups excluding carboxylic acids is 2. The zero-order valence-corrected chi connectivity index (χ0v) is 21.0. The molecule has 0 unspecified atom stereocenters. The van der Waals surface area contributed by atoms with Crippen molar-refractivity contribution in [1.29, 1.82) is 0 Å². The summed E-state index contributed by atoms with van der Waals surface area (Å²) >= 11 is 6.07. The van der Waals surface area contributed by atoms with Gasteiger partial charge in [0.2, 0.25) is 0 Å². The maximum absolute atomic E-state index is 13.4. The van der Waals surface area contributed by atoms with E-state index >= 15 is 0 Å². The molecule has 1 aliphatic heterocycles. The first kappa shape index (κ1) is 24.0. The maximum Gasteiger partial charge on any atom is 0.256 e. The van der Waals surface area contributed by atoms with Crippen LogP contribution in [0.25, 0.3) is 22.2 Å². The molecule has 5 rings (SSSR count). The SMILES string of the molecule is Cc1cccc2c(C(=O)Nc3ccc(C(=O)N4CCCCCC4)cc3)cc(-c3ccc(Cl)cc3)nc12. The summed E-state index contributed by atoms with van der Waals surface area (Å²) in [6, 6.07) is 22.2. The van der Waals surface area contributed by atoms with E-state index in [1.165, 1.54) is 12.8 Å². The third-order valence-corrected chi connectivity index (χ3v) is 6.96. The van der Waals surface area contributed by atoms with Crippen molar-refractivity contribution < 1.29 is 9.59 Å². The summed E-state index contributed by atoms with van der Waals surface area (Å²) in [6.07, 6.45) is 4.46. The number of pyridine rings is 1. The number of benzene rings is 3. The van der Waals surface area contributed by atoms with Gasteiger partial charge >= 0.3 is 0 Å². The summed E-state index contributed by atoms with van der Waals surface area (Å²) in [6.45, 7) is 3.60. The summed E-state index contributed by atoms with van der Waals surface area (Å²) in [4.78, 5) is 33.1. The zero-order valence-electron chi connectivity index (χ0n) is 20.3. The fraction of sp³-hybridized carbons (Fsp3) is 0.233. The van der Waals surface area contributed by atoms with Crippen LogP contribution in [0.1, 0.15) is 52.0 Å². The van der Waals surface area contributed by atoms with E-state index in [1.54, 1.807) is 24.3 Å². The summed E-state index contributed by atoms with van der Waals surface area (Å²) in [7, 11) is 0. The minimum absolute atomic E-state index is 0.0537. The minimum Gasteiger partial charge on any atom is -0.339 e. The third-order valence-electron chi connectivity index (χ3n) is 6.71. The topological polar surface area (TPSA) is 62.3 Å². The molecule has 182 valence electrons. The van der Waals surface area contributed by atoms with Crippen LogP contribution in [0.5, 0.6) is 0 Å². The number of halogens is 1. The highest BCUT2D eigenvalue weighted by Crippen LogP contribution is 2.28. The Morgan fingerprint density at radius 1 is 0.889 bits per heavy atom. The number of carbonyl (C=O) groups is 2. The van der Waals surface area contributed by atoms with Crippen LogP contribution in [-0.2, 0) is 0 Å². The van der Waals surface area contributed by atoms with Crippen molar-refractivity contribution in [2.24, 2.45) is 0 Å². The number of nitrogens with one attached hydrogen (secondary N) is 1. The Kier molecular flexibility index (Phi) is 7.01. The smallest absolute Gasteiger partial charge is 0.256 e. The lowest BCUT2D eigenvalue weighted by molar-refractivity contribution is 0.0761. The Morgan fingerprint density at radius 2 is 1.58 bits per heavy atom. The molecule has 2 heterocycles. The lowest BCUT2D eigenvalue weighted by Gasteiger charge is -2.20. The van der Waals surface area contributed by atoms with E-state index in [0.29, 0.717) is 27.5 Å². The van der Waals surface area contributed by atoms with Gasteiger partial charge in [-0.05, 0) is 67.8 Å². The molecule has 1 saturated heterocycles. The van der Waals surface area contributed by atoms with Gasteiger partial charge in [0, 0.05) is 40.3 Å². The van der Waals surface area contributed by atoms with E-state index in [1.807, 2.05) is 60.4 Å². The van der Waals surface area contributed by atoms with Gasteiger partial charge in [0.05, 0.1) is 16.8 Å². The number of fused-ring (bicyclic) bond motifs is 1. The van der Waals surface area contributed by atoms with Crippen LogP contribution in [0.2, 0.25) is 5.02 Å². The van der Waals surface area contributed by atoms with Crippen molar-refractivity contribution in [2.45, 2.75) is 32.6 Å². The lowest BCUT2D eigenvalue weighted by atomic mass is 10.0. The minimum atomic E-state index is -0.227. The average Bonchev–Trinajstić information content (AvgIpc) is 3.19. The second kappa shape index (κ2) is 10.5. The molecule has 1 aliphatic rings. The molecule has 2 amide bonds. The van der Waals surface area contributed by atoms with Crippen LogP contribution in [0.3, 0.4) is 0 Å². The number of aryl methyl sites for hydroxylation is 1. The molecule has 6 heteroatoms. The summed E-state index contributed by atoms with van der Waals surface area (Å²) < 4.78 is 0. The van der Waals surface area contributed by atoms with Crippen LogP contribution >= 0.6 is 11.6 Å². The van der Waals surface area contributed by atoms with Gasteiger partial charge in [-0.1, -0.05) is 54.8 Å². The van der Waals surface area contributed by atoms with E-state index in [0.717, 1.165) is 48.0 Å². The van der Waals surface area contributed by atoms with Crippen LogP contribution in [0.4, 0.5) is 5.69 Å². The van der Waals surface area contributed by atoms with E-state index in [9.17, 15) is 9.59 Å². The predicted molar refractivity (Wildman–Crippen MR) is 146 cm³/mol. The van der Waals surface area contributed by atoms with Crippen LogP contribution in [-0.4, -0.2) is 34.8 Å². The molecular formula is C30H28ClN3O2. The largest absolute Gasteiger partial charge is 0.339 e. The Labute approximate surface area is 216 Å². The zero-order chi connectivity index (χ0) is 25.1. The number of anilines is 1. The first-order valence-electron chi connectivity index (χ1n) is 12.4. The molecule has 0 saturated carbocycles. The Bertz CT molecular complexity index is 1410. The molecule has 4 aromatic rings. The highest BCUT2D eigenvalue weighted by molar-refractivity contribution is 6.30. The molecule has 1 aromatic heterocycles. The molecule has 1 fully saturated rings. The van der Waals surface area contributed by atoms with Gasteiger partial charge in [-0.2, -0.15) is 0 Å². The average molecular weight is 498 g/mol. The van der Waals surface area contributed by atoms with Gasteiger partial charge in [0.1, 0.15) is 0 Å². The van der Waals surface area contributed by atoms with Crippen molar-refractivity contribution in [3.63, 3.8) is 0 Å². The third kappa shape index (κ3) is 5.12. The molecule has 36 heavy (non-hydrogen) atoms.